The summed E-state index contributed by atoms with van der Waals surface area (Å²) in [6, 6.07) is 21.6. The molecule has 1 aromatic heterocycles. The van der Waals surface area contributed by atoms with Crippen LogP contribution in [0.1, 0.15) is 52.8 Å². The molecule has 0 radical (unpaired) electrons. The van der Waals surface area contributed by atoms with Gasteiger partial charge in [0.05, 0.1) is 12.2 Å². The van der Waals surface area contributed by atoms with Gasteiger partial charge in [0.1, 0.15) is 0 Å². The number of nitrogens with one attached hydrogen (secondary N) is 1. The monoisotopic (exact) mass is 433 g/mol. The van der Waals surface area contributed by atoms with Crippen molar-refractivity contribution in [3.8, 4) is 0 Å². The van der Waals surface area contributed by atoms with Crippen LogP contribution < -0.4 is 5.32 Å². The van der Waals surface area contributed by atoms with Gasteiger partial charge >= 0.3 is 0 Å². The summed E-state index contributed by atoms with van der Waals surface area (Å²) in [5.41, 5.74) is 2.97. The molecule has 7 heteroatoms. The van der Waals surface area contributed by atoms with Gasteiger partial charge in [0, 0.05) is 32.2 Å². The number of carbonyl (C=O) groups is 1. The average molecular weight is 434 g/mol. The predicted octanol–water partition coefficient (Wildman–Crippen LogP) is 2.86. The molecule has 4 rings (SSSR count). The third kappa shape index (κ3) is 5.60. The topological polar surface area (TPSA) is 83.3 Å². The van der Waals surface area contributed by atoms with E-state index in [2.05, 4.69) is 81.2 Å². The first-order valence-corrected chi connectivity index (χ1v) is 11.4. The Hall–Kier alpha value is -3.03. The van der Waals surface area contributed by atoms with Gasteiger partial charge in [-0.15, -0.1) is 5.10 Å². The van der Waals surface area contributed by atoms with Crippen LogP contribution in [0.3, 0.4) is 0 Å². The Balaban J connectivity index is 1.44. The van der Waals surface area contributed by atoms with E-state index in [4.69, 9.17) is 5.11 Å². The zero-order valence-electron chi connectivity index (χ0n) is 18.3. The maximum Gasteiger partial charge on any atom is 0.273 e. The van der Waals surface area contributed by atoms with Crippen LogP contribution in [0.5, 0.6) is 0 Å². The second-order valence-electron chi connectivity index (χ2n) is 8.35. The van der Waals surface area contributed by atoms with E-state index in [0.29, 0.717) is 24.6 Å². The molecule has 0 aliphatic carbocycles. The zero-order chi connectivity index (χ0) is 22.2. The number of aliphatic hydroxyl groups is 1. The third-order valence-electron chi connectivity index (χ3n) is 6.06. The lowest BCUT2D eigenvalue weighted by molar-refractivity contribution is 0.0946. The average Bonchev–Trinajstić information content (AvgIpc) is 3.35. The fourth-order valence-electron chi connectivity index (χ4n) is 4.38. The molecule has 3 aromatic rings. The Kier molecular flexibility index (Phi) is 7.64. The summed E-state index contributed by atoms with van der Waals surface area (Å²) < 4.78 is 1.84. The van der Waals surface area contributed by atoms with Crippen molar-refractivity contribution in [3.05, 3.63) is 83.7 Å². The molecule has 2 N–H and O–H groups in total. The van der Waals surface area contributed by atoms with Crippen LogP contribution in [0.15, 0.2) is 66.9 Å². The van der Waals surface area contributed by atoms with E-state index in [-0.39, 0.29) is 18.6 Å². The van der Waals surface area contributed by atoms with Crippen LogP contribution in [0.4, 0.5) is 0 Å². The SMILES string of the molecule is O=C(NCCCO)c1cn([C@H]2CCCN(CC(c3ccccc3)c3ccccc3)C2)nn1. The first kappa shape index (κ1) is 22.2. The molecular formula is C25H31N5O2. The van der Waals surface area contributed by atoms with Crippen LogP contribution in [0, 0.1) is 0 Å². The highest BCUT2D eigenvalue weighted by Crippen LogP contribution is 2.28. The van der Waals surface area contributed by atoms with Crippen molar-refractivity contribution in [2.24, 2.45) is 0 Å². The van der Waals surface area contributed by atoms with Crippen molar-refractivity contribution in [1.29, 1.82) is 0 Å². The molecule has 7 nitrogen and oxygen atoms in total. The molecule has 0 spiro atoms. The molecule has 1 aliphatic rings. The summed E-state index contributed by atoms with van der Waals surface area (Å²) in [4.78, 5) is 14.7. The molecule has 2 heterocycles. The highest BCUT2D eigenvalue weighted by Gasteiger charge is 2.26. The number of nitrogens with zero attached hydrogens (tertiary/aromatic N) is 4. The van der Waals surface area contributed by atoms with E-state index in [1.54, 1.807) is 6.20 Å². The van der Waals surface area contributed by atoms with Crippen molar-refractivity contribution >= 4 is 5.91 Å². The number of likely N-dealkylation sites (tertiary alicyclic amines) is 1. The van der Waals surface area contributed by atoms with Crippen molar-refractivity contribution in [1.82, 2.24) is 25.2 Å². The summed E-state index contributed by atoms with van der Waals surface area (Å²) in [6.07, 6.45) is 4.38. The normalized spacial score (nSPS) is 16.9. The largest absolute Gasteiger partial charge is 0.396 e. The number of rotatable bonds is 9. The lowest BCUT2D eigenvalue weighted by Gasteiger charge is -2.35. The maximum atomic E-state index is 12.2. The van der Waals surface area contributed by atoms with Gasteiger partial charge in [0.25, 0.3) is 5.91 Å². The van der Waals surface area contributed by atoms with Crippen LogP contribution >= 0.6 is 0 Å². The maximum absolute atomic E-state index is 12.2. The Morgan fingerprint density at radius 1 is 1.09 bits per heavy atom. The molecule has 1 fully saturated rings. The van der Waals surface area contributed by atoms with E-state index in [1.807, 2.05) is 4.68 Å². The van der Waals surface area contributed by atoms with Gasteiger partial charge in [0.15, 0.2) is 5.69 Å². The molecule has 2 aromatic carbocycles. The lowest BCUT2D eigenvalue weighted by Crippen LogP contribution is -2.39. The molecular weight excluding hydrogens is 402 g/mol. The van der Waals surface area contributed by atoms with Gasteiger partial charge < -0.3 is 15.3 Å². The van der Waals surface area contributed by atoms with Crippen molar-refractivity contribution < 1.29 is 9.90 Å². The highest BCUT2D eigenvalue weighted by atomic mass is 16.3. The van der Waals surface area contributed by atoms with E-state index >= 15 is 0 Å². The minimum atomic E-state index is -0.245. The number of hydrogen-bond acceptors (Lipinski definition) is 5. The lowest BCUT2D eigenvalue weighted by atomic mass is 9.90. The number of hydrogen-bond donors (Lipinski definition) is 2. The molecule has 0 unspecified atom stereocenters. The fourth-order valence-corrected chi connectivity index (χ4v) is 4.38. The molecule has 1 amide bonds. The van der Waals surface area contributed by atoms with Crippen LogP contribution in [-0.4, -0.2) is 63.7 Å². The van der Waals surface area contributed by atoms with Crippen molar-refractivity contribution in [2.45, 2.75) is 31.2 Å². The smallest absolute Gasteiger partial charge is 0.273 e. The Labute approximate surface area is 189 Å². The zero-order valence-corrected chi connectivity index (χ0v) is 18.3. The van der Waals surface area contributed by atoms with Gasteiger partial charge in [-0.3, -0.25) is 4.79 Å². The predicted molar refractivity (Wildman–Crippen MR) is 123 cm³/mol. The van der Waals surface area contributed by atoms with Crippen molar-refractivity contribution in [2.75, 3.05) is 32.8 Å². The summed E-state index contributed by atoms with van der Waals surface area (Å²) in [5, 5.41) is 20.0. The number of aliphatic hydroxyl groups excluding tert-OH is 1. The standard InChI is InChI=1S/C25H31N5O2/c31-16-8-14-26-25(32)24-19-30(28-27-24)22-13-7-15-29(17-22)18-23(20-9-3-1-4-10-20)21-11-5-2-6-12-21/h1-6,9-12,19,22-23,31H,7-8,13-18H2,(H,26,32)/t22-/m0/s1. The quantitative estimate of drug-likeness (QED) is 0.507. The Morgan fingerprint density at radius 2 is 1.78 bits per heavy atom. The van der Waals surface area contributed by atoms with Gasteiger partial charge in [-0.2, -0.15) is 0 Å². The second kappa shape index (κ2) is 11.0. The summed E-state index contributed by atoms with van der Waals surface area (Å²) >= 11 is 0. The third-order valence-corrected chi connectivity index (χ3v) is 6.06. The summed E-state index contributed by atoms with van der Waals surface area (Å²) in [5.74, 6) is 0.0605. The Morgan fingerprint density at radius 3 is 2.44 bits per heavy atom. The number of benzene rings is 2. The van der Waals surface area contributed by atoms with Crippen LogP contribution in [0.2, 0.25) is 0 Å². The van der Waals surface area contributed by atoms with Crippen LogP contribution in [-0.2, 0) is 0 Å². The van der Waals surface area contributed by atoms with E-state index in [9.17, 15) is 4.79 Å². The highest BCUT2D eigenvalue weighted by molar-refractivity contribution is 5.91. The molecule has 168 valence electrons. The van der Waals surface area contributed by atoms with E-state index in [1.165, 1.54) is 11.1 Å². The van der Waals surface area contributed by atoms with Crippen LogP contribution in [0.25, 0.3) is 0 Å². The molecule has 1 aliphatic heterocycles. The van der Waals surface area contributed by atoms with Gasteiger partial charge in [-0.05, 0) is 36.9 Å². The summed E-state index contributed by atoms with van der Waals surface area (Å²) in [6.45, 7) is 3.35. The van der Waals surface area contributed by atoms with Gasteiger partial charge in [0.2, 0.25) is 0 Å². The second-order valence-corrected chi connectivity index (χ2v) is 8.35. The minimum Gasteiger partial charge on any atom is -0.396 e. The molecule has 32 heavy (non-hydrogen) atoms. The fraction of sp³-hybridized carbons (Fsp3) is 0.400. The van der Waals surface area contributed by atoms with Gasteiger partial charge in [-0.1, -0.05) is 65.9 Å². The molecule has 1 saturated heterocycles. The van der Waals surface area contributed by atoms with E-state index in [0.717, 1.165) is 32.5 Å². The number of aromatic nitrogens is 3. The Bertz CT molecular complexity index is 937. The molecule has 1 atom stereocenters. The first-order chi connectivity index (χ1) is 15.7. The first-order valence-electron chi connectivity index (χ1n) is 11.4. The number of amides is 1. The number of piperidine rings is 1. The molecule has 0 saturated carbocycles. The minimum absolute atomic E-state index is 0.0534. The molecule has 0 bridgehead atoms. The number of carbonyl (C=O) groups excluding carboxylic acids is 1. The van der Waals surface area contributed by atoms with Gasteiger partial charge in [-0.25, -0.2) is 4.68 Å². The van der Waals surface area contributed by atoms with E-state index < -0.39 is 0 Å². The summed E-state index contributed by atoms with van der Waals surface area (Å²) in [7, 11) is 0. The van der Waals surface area contributed by atoms with Crippen molar-refractivity contribution in [3.63, 3.8) is 0 Å².